The molecule has 0 aliphatic carbocycles. The zero-order valence-electron chi connectivity index (χ0n) is 15.9. The van der Waals surface area contributed by atoms with E-state index in [1.807, 2.05) is 38.1 Å². The molecule has 4 rings (SSSR count). The monoisotopic (exact) mass is 376 g/mol. The number of benzene rings is 2. The van der Waals surface area contributed by atoms with Gasteiger partial charge in [-0.15, -0.1) is 5.10 Å². The number of aromatic nitrogens is 4. The second kappa shape index (κ2) is 6.92. The van der Waals surface area contributed by atoms with Gasteiger partial charge in [-0.2, -0.15) is 0 Å². The quantitative estimate of drug-likeness (QED) is 0.424. The minimum Gasteiger partial charge on any atom is -0.451 e. The summed E-state index contributed by atoms with van der Waals surface area (Å²) >= 11 is 0. The predicted octanol–water partition coefficient (Wildman–Crippen LogP) is 3.67. The van der Waals surface area contributed by atoms with E-state index >= 15 is 0 Å². The Morgan fingerprint density at radius 1 is 1.21 bits per heavy atom. The van der Waals surface area contributed by atoms with Gasteiger partial charge in [0.25, 0.3) is 0 Å². The number of para-hydroxylation sites is 1. The molecule has 1 N–H and O–H groups in total. The lowest BCUT2D eigenvalue weighted by Gasteiger charge is -2.12. The molecule has 0 amide bonds. The summed E-state index contributed by atoms with van der Waals surface area (Å²) in [5.74, 6) is -0.799. The van der Waals surface area contributed by atoms with E-state index in [1.54, 1.807) is 29.8 Å². The number of H-pyrrole nitrogens is 1. The molecular formula is C21H20N4O3. The van der Waals surface area contributed by atoms with E-state index in [-0.39, 0.29) is 5.78 Å². The Morgan fingerprint density at radius 3 is 2.79 bits per heavy atom. The van der Waals surface area contributed by atoms with Crippen molar-refractivity contribution in [1.29, 1.82) is 0 Å². The van der Waals surface area contributed by atoms with Gasteiger partial charge >= 0.3 is 5.97 Å². The molecule has 0 radical (unpaired) electrons. The van der Waals surface area contributed by atoms with Gasteiger partial charge in [0.2, 0.25) is 5.78 Å². The number of nitrogens with zero attached hydrogens (tertiary/aromatic N) is 3. The highest BCUT2D eigenvalue weighted by molar-refractivity contribution is 6.11. The smallest absolute Gasteiger partial charge is 0.338 e. The number of Topliss-reactive ketones (excluding diaryl/α,β-unsaturated/α-hetero) is 1. The molecule has 0 spiro atoms. The molecule has 0 saturated heterocycles. The molecule has 1 atom stereocenters. The molecule has 7 nitrogen and oxygen atoms in total. The normalized spacial score (nSPS) is 12.4. The first kappa shape index (κ1) is 17.9. The number of hydrogen-bond donors (Lipinski definition) is 1. The molecule has 0 bridgehead atoms. The minimum absolute atomic E-state index is 0.235. The van der Waals surface area contributed by atoms with Crippen molar-refractivity contribution in [2.75, 3.05) is 0 Å². The van der Waals surface area contributed by atoms with E-state index in [1.165, 1.54) is 0 Å². The molecular weight excluding hydrogens is 356 g/mol. The molecule has 0 aliphatic rings. The fourth-order valence-corrected chi connectivity index (χ4v) is 3.41. The highest BCUT2D eigenvalue weighted by Crippen LogP contribution is 2.24. The summed E-state index contributed by atoms with van der Waals surface area (Å²) in [6.45, 7) is 6.09. The average Bonchev–Trinajstić information content (AvgIpc) is 3.26. The van der Waals surface area contributed by atoms with Gasteiger partial charge < -0.3 is 9.72 Å². The van der Waals surface area contributed by atoms with Crippen LogP contribution >= 0.6 is 0 Å². The second-order valence-electron chi connectivity index (χ2n) is 6.69. The van der Waals surface area contributed by atoms with E-state index in [0.717, 1.165) is 22.1 Å². The van der Waals surface area contributed by atoms with Crippen LogP contribution in [-0.4, -0.2) is 37.8 Å². The molecule has 2 heterocycles. The van der Waals surface area contributed by atoms with Crippen molar-refractivity contribution in [3.63, 3.8) is 0 Å². The number of esters is 1. The van der Waals surface area contributed by atoms with Crippen LogP contribution in [0.1, 0.15) is 40.3 Å². The van der Waals surface area contributed by atoms with Crippen molar-refractivity contribution < 1.29 is 14.3 Å². The lowest BCUT2D eigenvalue weighted by atomic mass is 10.0. The first-order valence-electron chi connectivity index (χ1n) is 9.15. The Kier molecular flexibility index (Phi) is 4.43. The number of carbonyl (C=O) groups is 2. The van der Waals surface area contributed by atoms with E-state index < -0.39 is 12.1 Å². The van der Waals surface area contributed by atoms with Crippen molar-refractivity contribution in [3.8, 4) is 0 Å². The van der Waals surface area contributed by atoms with E-state index in [9.17, 15) is 9.59 Å². The number of aryl methyl sites for hydroxylation is 2. The number of fused-ring (bicyclic) bond motifs is 2. The van der Waals surface area contributed by atoms with Crippen LogP contribution in [0.25, 0.3) is 21.9 Å². The Balaban J connectivity index is 1.57. The van der Waals surface area contributed by atoms with E-state index in [4.69, 9.17) is 4.74 Å². The lowest BCUT2D eigenvalue weighted by molar-refractivity contribution is 0.0319. The Morgan fingerprint density at radius 2 is 2.00 bits per heavy atom. The van der Waals surface area contributed by atoms with Gasteiger partial charge in [-0.25, -0.2) is 9.48 Å². The summed E-state index contributed by atoms with van der Waals surface area (Å²) in [7, 11) is 0. The lowest BCUT2D eigenvalue weighted by Crippen LogP contribution is -2.24. The molecule has 28 heavy (non-hydrogen) atoms. The van der Waals surface area contributed by atoms with Gasteiger partial charge in [-0.05, 0) is 45.0 Å². The fraction of sp³-hybridized carbons (Fsp3) is 0.238. The zero-order valence-corrected chi connectivity index (χ0v) is 15.9. The maximum absolute atomic E-state index is 12.9. The first-order chi connectivity index (χ1) is 13.5. The van der Waals surface area contributed by atoms with Crippen LogP contribution < -0.4 is 0 Å². The summed E-state index contributed by atoms with van der Waals surface area (Å²) in [6, 6.07) is 12.6. The number of ether oxygens (including phenoxy) is 1. The topological polar surface area (TPSA) is 89.9 Å². The number of nitrogens with one attached hydrogen (secondary N) is 1. The van der Waals surface area contributed by atoms with Crippen LogP contribution in [0.3, 0.4) is 0 Å². The third-order valence-electron chi connectivity index (χ3n) is 4.84. The fourth-order valence-electron chi connectivity index (χ4n) is 3.41. The predicted molar refractivity (Wildman–Crippen MR) is 105 cm³/mol. The SMILES string of the molecule is CCn1nnc2cc(C(=O)OC(C)C(=O)c3c(C)[nH]c4ccccc34)ccc21. The Hall–Kier alpha value is -3.48. The van der Waals surface area contributed by atoms with Crippen molar-refractivity contribution in [3.05, 3.63) is 59.3 Å². The van der Waals surface area contributed by atoms with Crippen molar-refractivity contribution in [1.82, 2.24) is 20.0 Å². The number of ketones is 1. The zero-order chi connectivity index (χ0) is 19.8. The molecule has 0 aliphatic heterocycles. The molecule has 0 fully saturated rings. The van der Waals surface area contributed by atoms with Crippen LogP contribution in [0.4, 0.5) is 0 Å². The van der Waals surface area contributed by atoms with Gasteiger partial charge in [-0.1, -0.05) is 23.4 Å². The second-order valence-corrected chi connectivity index (χ2v) is 6.69. The summed E-state index contributed by atoms with van der Waals surface area (Å²) in [4.78, 5) is 28.7. The number of rotatable bonds is 5. The molecule has 142 valence electrons. The number of hydrogen-bond acceptors (Lipinski definition) is 5. The first-order valence-corrected chi connectivity index (χ1v) is 9.15. The Bertz CT molecular complexity index is 1210. The third-order valence-corrected chi connectivity index (χ3v) is 4.84. The average molecular weight is 376 g/mol. The largest absolute Gasteiger partial charge is 0.451 e. The molecule has 2 aromatic heterocycles. The Labute approximate surface area is 161 Å². The number of aromatic amines is 1. The van der Waals surface area contributed by atoms with Crippen molar-refractivity contribution >= 4 is 33.7 Å². The van der Waals surface area contributed by atoms with E-state index in [2.05, 4.69) is 15.3 Å². The van der Waals surface area contributed by atoms with Gasteiger partial charge in [-0.3, -0.25) is 4.79 Å². The molecule has 4 aromatic rings. The van der Waals surface area contributed by atoms with Crippen LogP contribution in [0.2, 0.25) is 0 Å². The summed E-state index contributed by atoms with van der Waals surface area (Å²) in [5.41, 5.74) is 3.99. The number of carbonyl (C=O) groups excluding carboxylic acids is 2. The standard InChI is InChI=1S/C21H20N4O3/c1-4-25-18-10-9-14(11-17(18)23-24-25)21(27)28-13(3)20(26)19-12(2)22-16-8-6-5-7-15(16)19/h5-11,13,22H,4H2,1-3H3. The van der Waals surface area contributed by atoms with Crippen LogP contribution in [0.5, 0.6) is 0 Å². The van der Waals surface area contributed by atoms with Gasteiger partial charge in [0.15, 0.2) is 6.10 Å². The maximum Gasteiger partial charge on any atom is 0.338 e. The molecule has 2 aromatic carbocycles. The summed E-state index contributed by atoms with van der Waals surface area (Å²) in [5, 5.41) is 8.92. The van der Waals surface area contributed by atoms with Crippen molar-refractivity contribution in [2.24, 2.45) is 0 Å². The van der Waals surface area contributed by atoms with E-state index in [0.29, 0.717) is 23.2 Å². The molecule has 0 saturated carbocycles. The minimum atomic E-state index is -0.910. The molecule has 1 unspecified atom stereocenters. The van der Waals surface area contributed by atoms with Crippen LogP contribution in [0, 0.1) is 6.92 Å². The summed E-state index contributed by atoms with van der Waals surface area (Å²) in [6.07, 6.45) is -0.910. The van der Waals surface area contributed by atoms with Gasteiger partial charge in [0.1, 0.15) is 5.52 Å². The third kappa shape index (κ3) is 2.94. The maximum atomic E-state index is 12.9. The molecule has 7 heteroatoms. The highest BCUT2D eigenvalue weighted by Gasteiger charge is 2.25. The van der Waals surface area contributed by atoms with Crippen molar-refractivity contribution in [2.45, 2.75) is 33.4 Å². The van der Waals surface area contributed by atoms with Gasteiger partial charge in [0, 0.05) is 28.7 Å². The highest BCUT2D eigenvalue weighted by atomic mass is 16.5. The van der Waals surface area contributed by atoms with Crippen LogP contribution in [-0.2, 0) is 11.3 Å². The summed E-state index contributed by atoms with van der Waals surface area (Å²) < 4.78 is 7.20. The van der Waals surface area contributed by atoms with Crippen LogP contribution in [0.15, 0.2) is 42.5 Å². The van der Waals surface area contributed by atoms with Gasteiger partial charge in [0.05, 0.1) is 11.1 Å².